The molecule has 1 atom stereocenters. The third-order valence-electron chi connectivity index (χ3n) is 1.65. The van der Waals surface area contributed by atoms with Crippen LogP contribution in [0.4, 0.5) is 0 Å². The van der Waals surface area contributed by atoms with Gasteiger partial charge in [0.25, 0.3) is 0 Å². The molecule has 0 aliphatic rings. The van der Waals surface area contributed by atoms with Crippen molar-refractivity contribution < 1.29 is 19.8 Å². The molecule has 5 heteroatoms. The number of Topliss-reactive ketones (excluding diaryl/α,β-unsaturated/α-hetero) is 1. The van der Waals surface area contributed by atoms with Crippen molar-refractivity contribution in [2.45, 2.75) is 12.5 Å². The van der Waals surface area contributed by atoms with Crippen LogP contribution in [0.15, 0.2) is 24.4 Å². The van der Waals surface area contributed by atoms with E-state index in [-0.39, 0.29) is 0 Å². The van der Waals surface area contributed by atoms with Gasteiger partial charge in [0.1, 0.15) is 6.10 Å². The molecule has 1 aromatic heterocycles. The molecule has 5 nitrogen and oxygen atoms in total. The minimum atomic E-state index is -1.54. The van der Waals surface area contributed by atoms with Crippen molar-refractivity contribution in [2.75, 3.05) is 0 Å². The molecule has 1 heterocycles. The molecule has 2 N–H and O–H groups in total. The molecular formula is C9H9NO4. The number of aliphatic hydroxyl groups excluding tert-OH is 1. The first kappa shape index (κ1) is 10.3. The maximum atomic E-state index is 10.7. The average Bonchev–Trinajstić information content (AvgIpc) is 2.19. The van der Waals surface area contributed by atoms with Crippen LogP contribution in [0.5, 0.6) is 0 Å². The summed E-state index contributed by atoms with van der Waals surface area (Å²) in [4.78, 5) is 24.7. The first-order valence-electron chi connectivity index (χ1n) is 3.96. The summed E-state index contributed by atoms with van der Waals surface area (Å²) in [5, 5.41) is 17.7. The van der Waals surface area contributed by atoms with E-state index in [1.165, 1.54) is 12.3 Å². The Hall–Kier alpha value is -1.75. The Bertz CT molecular complexity index is 336. The number of ketones is 1. The van der Waals surface area contributed by atoms with E-state index in [4.69, 9.17) is 5.11 Å². The van der Waals surface area contributed by atoms with E-state index in [0.29, 0.717) is 5.69 Å². The first-order valence-corrected chi connectivity index (χ1v) is 3.96. The Morgan fingerprint density at radius 2 is 2.14 bits per heavy atom. The predicted molar refractivity (Wildman–Crippen MR) is 46.5 cm³/mol. The molecule has 0 saturated carbocycles. The normalized spacial score (nSPS) is 12.1. The highest BCUT2D eigenvalue weighted by Gasteiger charge is 2.18. The Labute approximate surface area is 80.0 Å². The zero-order chi connectivity index (χ0) is 10.6. The number of aliphatic hydroxyl groups is 1. The Kier molecular flexibility index (Phi) is 3.30. The van der Waals surface area contributed by atoms with E-state index in [1.807, 2.05) is 0 Å². The summed E-state index contributed by atoms with van der Waals surface area (Å²) in [6, 6.07) is 4.84. The standard InChI is InChI=1S/C9H9NO4/c11-7(5-8(12)9(13)14)6-3-1-2-4-10-6/h1-4,7,11H,5H2,(H,13,14)/t7-/m1/s1. The van der Waals surface area contributed by atoms with Gasteiger partial charge in [-0.05, 0) is 12.1 Å². The van der Waals surface area contributed by atoms with Crippen LogP contribution in [0, 0.1) is 0 Å². The summed E-state index contributed by atoms with van der Waals surface area (Å²) in [7, 11) is 0. The SMILES string of the molecule is O=C(O)C(=O)C[C@@H](O)c1ccccn1. The lowest BCUT2D eigenvalue weighted by Crippen LogP contribution is -2.16. The number of carbonyl (C=O) groups excluding carboxylic acids is 1. The van der Waals surface area contributed by atoms with Crippen LogP contribution >= 0.6 is 0 Å². The van der Waals surface area contributed by atoms with Crippen LogP contribution in [0.1, 0.15) is 18.2 Å². The summed E-state index contributed by atoms with van der Waals surface area (Å²) in [5.41, 5.74) is 0.294. The minimum Gasteiger partial charge on any atom is -0.475 e. The summed E-state index contributed by atoms with van der Waals surface area (Å²) in [6.07, 6.45) is -0.143. The van der Waals surface area contributed by atoms with Gasteiger partial charge < -0.3 is 10.2 Å². The third-order valence-corrected chi connectivity index (χ3v) is 1.65. The smallest absolute Gasteiger partial charge is 0.372 e. The van der Waals surface area contributed by atoms with Crippen molar-refractivity contribution in [2.24, 2.45) is 0 Å². The highest BCUT2D eigenvalue weighted by atomic mass is 16.4. The number of rotatable bonds is 4. The third kappa shape index (κ3) is 2.63. The van der Waals surface area contributed by atoms with Gasteiger partial charge >= 0.3 is 5.97 Å². The van der Waals surface area contributed by atoms with Crippen molar-refractivity contribution in [3.05, 3.63) is 30.1 Å². The lowest BCUT2D eigenvalue weighted by atomic mass is 10.1. The highest BCUT2D eigenvalue weighted by Crippen LogP contribution is 2.13. The molecule has 1 aromatic rings. The summed E-state index contributed by atoms with van der Waals surface area (Å²) in [6.45, 7) is 0. The lowest BCUT2D eigenvalue weighted by molar-refractivity contribution is -0.150. The Balaban J connectivity index is 2.64. The zero-order valence-corrected chi connectivity index (χ0v) is 7.25. The quantitative estimate of drug-likeness (QED) is 0.668. The number of carbonyl (C=O) groups is 2. The molecule has 0 fully saturated rings. The molecule has 0 bridgehead atoms. The fourth-order valence-corrected chi connectivity index (χ4v) is 0.941. The number of carboxylic acids is 1. The van der Waals surface area contributed by atoms with E-state index in [0.717, 1.165) is 0 Å². The second-order valence-corrected chi connectivity index (χ2v) is 2.70. The molecule has 14 heavy (non-hydrogen) atoms. The van der Waals surface area contributed by atoms with Crippen LogP contribution in [0.2, 0.25) is 0 Å². The number of pyridine rings is 1. The fourth-order valence-electron chi connectivity index (χ4n) is 0.941. The van der Waals surface area contributed by atoms with Crippen molar-refractivity contribution in [3.63, 3.8) is 0 Å². The zero-order valence-electron chi connectivity index (χ0n) is 7.25. The molecule has 0 aromatic carbocycles. The highest BCUT2D eigenvalue weighted by molar-refractivity contribution is 6.32. The number of hydrogen-bond donors (Lipinski definition) is 2. The van der Waals surface area contributed by atoms with E-state index < -0.39 is 24.3 Å². The monoisotopic (exact) mass is 195 g/mol. The second kappa shape index (κ2) is 4.48. The van der Waals surface area contributed by atoms with Gasteiger partial charge in [-0.25, -0.2) is 4.79 Å². The van der Waals surface area contributed by atoms with E-state index in [9.17, 15) is 14.7 Å². The molecule has 0 aliphatic heterocycles. The fraction of sp³-hybridized carbons (Fsp3) is 0.222. The lowest BCUT2D eigenvalue weighted by Gasteiger charge is -2.06. The molecule has 0 unspecified atom stereocenters. The van der Waals surface area contributed by atoms with Crippen LogP contribution in [0.3, 0.4) is 0 Å². The molecule has 0 spiro atoms. The molecule has 74 valence electrons. The maximum absolute atomic E-state index is 10.7. The Morgan fingerprint density at radius 1 is 1.43 bits per heavy atom. The van der Waals surface area contributed by atoms with Gasteiger partial charge in [0.05, 0.1) is 5.69 Å². The van der Waals surface area contributed by atoms with Crippen molar-refractivity contribution in [1.82, 2.24) is 4.98 Å². The summed E-state index contributed by atoms with van der Waals surface area (Å²) < 4.78 is 0. The van der Waals surface area contributed by atoms with Crippen molar-refractivity contribution >= 4 is 11.8 Å². The average molecular weight is 195 g/mol. The topological polar surface area (TPSA) is 87.5 Å². The molecule has 0 amide bonds. The van der Waals surface area contributed by atoms with Gasteiger partial charge in [-0.3, -0.25) is 9.78 Å². The molecular weight excluding hydrogens is 186 g/mol. The van der Waals surface area contributed by atoms with Crippen molar-refractivity contribution in [1.29, 1.82) is 0 Å². The summed E-state index contributed by atoms with van der Waals surface area (Å²) in [5.74, 6) is -2.57. The number of nitrogens with zero attached hydrogens (tertiary/aromatic N) is 1. The maximum Gasteiger partial charge on any atom is 0.372 e. The number of aromatic nitrogens is 1. The summed E-state index contributed by atoms with van der Waals surface area (Å²) >= 11 is 0. The molecule has 0 radical (unpaired) electrons. The van der Waals surface area contributed by atoms with Crippen LogP contribution in [0.25, 0.3) is 0 Å². The van der Waals surface area contributed by atoms with Gasteiger partial charge in [0.15, 0.2) is 0 Å². The minimum absolute atomic E-state index is 0.294. The number of hydrogen-bond acceptors (Lipinski definition) is 4. The van der Waals surface area contributed by atoms with Gasteiger partial charge in [-0.2, -0.15) is 0 Å². The van der Waals surface area contributed by atoms with Gasteiger partial charge in [0.2, 0.25) is 5.78 Å². The second-order valence-electron chi connectivity index (χ2n) is 2.70. The molecule has 1 rings (SSSR count). The largest absolute Gasteiger partial charge is 0.475 e. The van der Waals surface area contributed by atoms with E-state index in [2.05, 4.69) is 4.98 Å². The molecule has 0 aliphatic carbocycles. The van der Waals surface area contributed by atoms with Gasteiger partial charge in [0, 0.05) is 12.6 Å². The van der Waals surface area contributed by atoms with E-state index >= 15 is 0 Å². The van der Waals surface area contributed by atoms with Crippen LogP contribution < -0.4 is 0 Å². The predicted octanol–water partition coefficient (Wildman–Crippen LogP) is 0.159. The Morgan fingerprint density at radius 3 is 2.64 bits per heavy atom. The van der Waals surface area contributed by atoms with Gasteiger partial charge in [-0.1, -0.05) is 6.07 Å². The number of carboxylic acid groups (broad SMARTS) is 1. The van der Waals surface area contributed by atoms with Crippen LogP contribution in [-0.2, 0) is 9.59 Å². The first-order chi connectivity index (χ1) is 6.61. The van der Waals surface area contributed by atoms with Crippen LogP contribution in [-0.4, -0.2) is 26.9 Å². The number of aliphatic carboxylic acids is 1. The van der Waals surface area contributed by atoms with Gasteiger partial charge in [-0.15, -0.1) is 0 Å². The van der Waals surface area contributed by atoms with E-state index in [1.54, 1.807) is 12.1 Å². The molecule has 0 saturated heterocycles. The van der Waals surface area contributed by atoms with Crippen molar-refractivity contribution in [3.8, 4) is 0 Å².